The molecule has 0 fully saturated rings. The van der Waals surface area contributed by atoms with Crippen LogP contribution < -0.4 is 35.0 Å². The first-order valence-corrected chi connectivity index (χ1v) is 12.1. The molecular formula is C28H30N4O7. The van der Waals surface area contributed by atoms with Crippen LogP contribution in [0.1, 0.15) is 19.4 Å². The van der Waals surface area contributed by atoms with Crippen molar-refractivity contribution in [1.29, 1.82) is 0 Å². The SMILES string of the molecule is CCOc1ccc(NC(=O)COc2ccc(/C=N\NC(=O)C(=O)Nc3ccc(OC)cc3)cc2OCC)cc1. The number of hydrogen-bond acceptors (Lipinski definition) is 8. The Morgan fingerprint density at radius 2 is 1.38 bits per heavy atom. The Balaban J connectivity index is 1.52. The minimum Gasteiger partial charge on any atom is -0.497 e. The third kappa shape index (κ3) is 9.08. The highest BCUT2D eigenvalue weighted by molar-refractivity contribution is 6.39. The van der Waals surface area contributed by atoms with E-state index in [0.717, 1.165) is 0 Å². The first-order valence-electron chi connectivity index (χ1n) is 12.1. The summed E-state index contributed by atoms with van der Waals surface area (Å²) in [5.74, 6) is -0.0732. The fraction of sp³-hybridized carbons (Fsp3) is 0.214. The van der Waals surface area contributed by atoms with Crippen LogP contribution >= 0.6 is 0 Å². The highest BCUT2D eigenvalue weighted by Crippen LogP contribution is 2.28. The lowest BCUT2D eigenvalue weighted by Gasteiger charge is -2.13. The third-order valence-corrected chi connectivity index (χ3v) is 5.01. The van der Waals surface area contributed by atoms with Gasteiger partial charge in [-0.1, -0.05) is 0 Å². The van der Waals surface area contributed by atoms with E-state index in [-0.39, 0.29) is 12.5 Å². The summed E-state index contributed by atoms with van der Waals surface area (Å²) >= 11 is 0. The molecule has 11 nitrogen and oxygen atoms in total. The molecule has 3 rings (SSSR count). The molecule has 0 aliphatic carbocycles. The van der Waals surface area contributed by atoms with Crippen LogP contribution in [-0.4, -0.2) is 50.9 Å². The number of nitrogens with zero attached hydrogens (tertiary/aromatic N) is 1. The molecule has 3 aromatic rings. The highest BCUT2D eigenvalue weighted by Gasteiger charge is 2.13. The maximum atomic E-state index is 12.3. The number of hydrogen-bond donors (Lipinski definition) is 3. The molecule has 204 valence electrons. The van der Waals surface area contributed by atoms with Gasteiger partial charge in [-0.3, -0.25) is 14.4 Å². The molecule has 0 saturated heterocycles. The number of hydrazone groups is 1. The maximum absolute atomic E-state index is 12.3. The number of nitrogens with one attached hydrogen (secondary N) is 3. The van der Waals surface area contributed by atoms with Crippen molar-refractivity contribution in [2.75, 3.05) is 37.6 Å². The molecule has 0 saturated carbocycles. The monoisotopic (exact) mass is 534 g/mol. The first kappa shape index (κ1) is 28.5. The Labute approximate surface area is 226 Å². The van der Waals surface area contributed by atoms with Crippen LogP contribution in [0.25, 0.3) is 0 Å². The van der Waals surface area contributed by atoms with Crippen molar-refractivity contribution >= 4 is 35.3 Å². The summed E-state index contributed by atoms with van der Waals surface area (Å²) in [5.41, 5.74) is 3.79. The quantitative estimate of drug-likeness (QED) is 0.183. The van der Waals surface area contributed by atoms with E-state index < -0.39 is 11.8 Å². The second kappa shape index (κ2) is 14.6. The zero-order chi connectivity index (χ0) is 28.0. The zero-order valence-corrected chi connectivity index (χ0v) is 21.9. The second-order valence-electron chi connectivity index (χ2n) is 7.82. The minimum absolute atomic E-state index is 0.236. The Bertz CT molecular complexity index is 1290. The van der Waals surface area contributed by atoms with E-state index in [4.69, 9.17) is 18.9 Å². The number of amides is 3. The Kier molecular flexibility index (Phi) is 10.7. The van der Waals surface area contributed by atoms with E-state index in [9.17, 15) is 14.4 Å². The minimum atomic E-state index is -0.939. The molecule has 0 radical (unpaired) electrons. The topological polar surface area (TPSA) is 137 Å². The van der Waals surface area contributed by atoms with Crippen molar-refractivity contribution in [3.63, 3.8) is 0 Å². The largest absolute Gasteiger partial charge is 0.497 e. The van der Waals surface area contributed by atoms with Crippen LogP contribution in [-0.2, 0) is 14.4 Å². The average molecular weight is 535 g/mol. The number of carbonyl (C=O) groups is 3. The molecular weight excluding hydrogens is 504 g/mol. The Hall–Kier alpha value is -5.06. The maximum Gasteiger partial charge on any atom is 0.329 e. The molecule has 0 heterocycles. The van der Waals surface area contributed by atoms with Gasteiger partial charge in [0.15, 0.2) is 18.1 Å². The number of ether oxygens (including phenoxy) is 4. The van der Waals surface area contributed by atoms with Gasteiger partial charge in [0.1, 0.15) is 11.5 Å². The normalized spacial score (nSPS) is 10.4. The molecule has 0 aliphatic rings. The van der Waals surface area contributed by atoms with Crippen molar-refractivity contribution in [3.8, 4) is 23.0 Å². The molecule has 11 heteroatoms. The van der Waals surface area contributed by atoms with Crippen LogP contribution in [0.5, 0.6) is 23.0 Å². The van der Waals surface area contributed by atoms with Crippen molar-refractivity contribution in [3.05, 3.63) is 72.3 Å². The van der Waals surface area contributed by atoms with Crippen LogP contribution in [0.4, 0.5) is 11.4 Å². The van der Waals surface area contributed by atoms with Gasteiger partial charge in [-0.2, -0.15) is 5.10 Å². The lowest BCUT2D eigenvalue weighted by atomic mass is 10.2. The molecule has 0 atom stereocenters. The van der Waals surface area contributed by atoms with Crippen LogP contribution in [0.2, 0.25) is 0 Å². The van der Waals surface area contributed by atoms with Gasteiger partial charge in [0.05, 0.1) is 26.5 Å². The van der Waals surface area contributed by atoms with Gasteiger partial charge in [-0.25, -0.2) is 5.43 Å². The van der Waals surface area contributed by atoms with E-state index in [1.807, 2.05) is 13.8 Å². The number of carbonyl (C=O) groups excluding carboxylic acids is 3. The van der Waals surface area contributed by atoms with Crippen LogP contribution in [0.3, 0.4) is 0 Å². The lowest BCUT2D eigenvalue weighted by molar-refractivity contribution is -0.136. The molecule has 0 aromatic heterocycles. The van der Waals surface area contributed by atoms with Crippen molar-refractivity contribution < 1.29 is 33.3 Å². The third-order valence-electron chi connectivity index (χ3n) is 5.01. The Morgan fingerprint density at radius 3 is 2.03 bits per heavy atom. The molecule has 3 aromatic carbocycles. The molecule has 0 spiro atoms. The number of methoxy groups -OCH3 is 1. The van der Waals surface area contributed by atoms with Crippen molar-refractivity contribution in [2.24, 2.45) is 5.10 Å². The van der Waals surface area contributed by atoms with Crippen molar-refractivity contribution in [2.45, 2.75) is 13.8 Å². The van der Waals surface area contributed by atoms with Gasteiger partial charge in [-0.15, -0.1) is 0 Å². The lowest BCUT2D eigenvalue weighted by Crippen LogP contribution is -2.32. The highest BCUT2D eigenvalue weighted by atomic mass is 16.5. The summed E-state index contributed by atoms with van der Waals surface area (Å²) in [6.07, 6.45) is 1.35. The molecule has 39 heavy (non-hydrogen) atoms. The predicted octanol–water partition coefficient (Wildman–Crippen LogP) is 3.60. The summed E-state index contributed by atoms with van der Waals surface area (Å²) in [6, 6.07) is 18.5. The van der Waals surface area contributed by atoms with E-state index in [1.54, 1.807) is 66.7 Å². The Morgan fingerprint density at radius 1 is 0.744 bits per heavy atom. The standard InChI is InChI=1S/C28H30N4O7/c1-4-37-23-13-9-20(10-14-23)30-26(33)18-39-24-15-6-19(16-25(24)38-5-2)17-29-32-28(35)27(34)31-21-7-11-22(36-3)12-8-21/h6-17H,4-5,18H2,1-3H3,(H,30,33)(H,31,34)(H,32,35)/b29-17-. The summed E-state index contributed by atoms with van der Waals surface area (Å²) in [4.78, 5) is 36.5. The predicted molar refractivity (Wildman–Crippen MR) is 147 cm³/mol. The number of benzene rings is 3. The van der Waals surface area contributed by atoms with Gasteiger partial charge in [0.25, 0.3) is 5.91 Å². The van der Waals surface area contributed by atoms with E-state index >= 15 is 0 Å². The fourth-order valence-electron chi connectivity index (χ4n) is 3.21. The van der Waals surface area contributed by atoms with Gasteiger partial charge < -0.3 is 29.6 Å². The van der Waals surface area contributed by atoms with Gasteiger partial charge in [-0.05, 0) is 86.1 Å². The second-order valence-corrected chi connectivity index (χ2v) is 7.82. The summed E-state index contributed by atoms with van der Waals surface area (Å²) in [5, 5.41) is 9.04. The molecule has 3 amide bonds. The van der Waals surface area contributed by atoms with Gasteiger partial charge >= 0.3 is 11.8 Å². The smallest absolute Gasteiger partial charge is 0.329 e. The first-order chi connectivity index (χ1) is 18.9. The van der Waals surface area contributed by atoms with Gasteiger partial charge in [0.2, 0.25) is 0 Å². The van der Waals surface area contributed by atoms with Crippen molar-refractivity contribution in [1.82, 2.24) is 5.43 Å². The number of rotatable bonds is 12. The van der Waals surface area contributed by atoms with E-state index in [1.165, 1.54) is 13.3 Å². The summed E-state index contributed by atoms with van der Waals surface area (Å²) < 4.78 is 21.7. The van der Waals surface area contributed by atoms with E-state index in [2.05, 4.69) is 21.2 Å². The molecule has 0 bridgehead atoms. The average Bonchev–Trinajstić information content (AvgIpc) is 2.94. The summed E-state index contributed by atoms with van der Waals surface area (Å²) in [7, 11) is 1.53. The fourth-order valence-corrected chi connectivity index (χ4v) is 3.21. The summed E-state index contributed by atoms with van der Waals surface area (Å²) in [6.45, 7) is 4.39. The molecule has 0 aliphatic heterocycles. The molecule has 0 unspecified atom stereocenters. The van der Waals surface area contributed by atoms with E-state index in [0.29, 0.717) is 53.2 Å². The zero-order valence-electron chi connectivity index (χ0n) is 21.9. The molecule has 3 N–H and O–H groups in total. The van der Waals surface area contributed by atoms with Gasteiger partial charge in [0, 0.05) is 11.4 Å². The van der Waals surface area contributed by atoms with Crippen LogP contribution in [0.15, 0.2) is 71.8 Å². The van der Waals surface area contributed by atoms with Crippen LogP contribution in [0, 0.1) is 0 Å². The number of anilines is 2.